The van der Waals surface area contributed by atoms with Crippen molar-refractivity contribution in [2.75, 3.05) is 5.32 Å². The number of anilines is 1. The van der Waals surface area contributed by atoms with Gasteiger partial charge >= 0.3 is 0 Å². The van der Waals surface area contributed by atoms with E-state index in [0.29, 0.717) is 22.9 Å². The number of nitrogens with one attached hydrogen (secondary N) is 1. The van der Waals surface area contributed by atoms with Crippen LogP contribution in [0.15, 0.2) is 78.4 Å². The Balaban J connectivity index is 1.68. The molecule has 7 nitrogen and oxygen atoms in total. The predicted octanol–water partition coefficient (Wildman–Crippen LogP) is 5.37. The molecule has 3 aromatic rings. The molecule has 0 saturated carbocycles. The number of carbonyl (C=O) groups excluding carboxylic acids is 1. The van der Waals surface area contributed by atoms with Gasteiger partial charge in [0.15, 0.2) is 0 Å². The van der Waals surface area contributed by atoms with Gasteiger partial charge in [0.25, 0.3) is 11.6 Å². The molecule has 0 aliphatic carbocycles. The number of halogens is 1. The van der Waals surface area contributed by atoms with Crippen molar-refractivity contribution in [2.45, 2.75) is 6.61 Å². The standard InChI is InChI=1S/C23H16ClN3O4/c24-19-5-3-4-17(13-19)15-31-20-10-8-16(9-11-20)12-18(14-25)23(28)26-21-6-1-2-7-22(21)27(29)30/h1-13H,15H2,(H,26,28)/b18-12+. The first-order valence-corrected chi connectivity index (χ1v) is 9.48. The summed E-state index contributed by atoms with van der Waals surface area (Å²) in [6.07, 6.45) is 1.39. The van der Waals surface area contributed by atoms with Crippen molar-refractivity contribution in [1.29, 1.82) is 5.26 Å². The molecule has 154 valence electrons. The first kappa shape index (κ1) is 21.6. The van der Waals surface area contributed by atoms with Gasteiger partial charge in [-0.2, -0.15) is 5.26 Å². The quantitative estimate of drug-likeness (QED) is 0.233. The Morgan fingerprint density at radius 1 is 1.13 bits per heavy atom. The topological polar surface area (TPSA) is 105 Å². The third-order valence-electron chi connectivity index (χ3n) is 4.20. The third kappa shape index (κ3) is 5.92. The first-order chi connectivity index (χ1) is 15.0. The molecular weight excluding hydrogens is 418 g/mol. The van der Waals surface area contributed by atoms with Crippen LogP contribution in [-0.4, -0.2) is 10.8 Å². The minimum Gasteiger partial charge on any atom is -0.489 e. The molecule has 0 unspecified atom stereocenters. The number of nitrogens with zero attached hydrogens (tertiary/aromatic N) is 2. The average Bonchev–Trinajstić information content (AvgIpc) is 2.77. The Labute approximate surface area is 183 Å². The molecule has 0 fully saturated rings. The van der Waals surface area contributed by atoms with E-state index >= 15 is 0 Å². The zero-order valence-corrected chi connectivity index (χ0v) is 16.9. The number of rotatable bonds is 7. The summed E-state index contributed by atoms with van der Waals surface area (Å²) in [6.45, 7) is 0.345. The minimum atomic E-state index is -0.738. The second-order valence-corrected chi connectivity index (χ2v) is 6.82. The Bertz CT molecular complexity index is 1180. The van der Waals surface area contributed by atoms with Crippen LogP contribution in [0, 0.1) is 21.4 Å². The van der Waals surface area contributed by atoms with Crippen molar-refractivity contribution in [3.8, 4) is 11.8 Å². The number of hydrogen-bond donors (Lipinski definition) is 1. The summed E-state index contributed by atoms with van der Waals surface area (Å²) in [7, 11) is 0. The second kappa shape index (κ2) is 10.1. The van der Waals surface area contributed by atoms with E-state index in [2.05, 4.69) is 5.32 Å². The summed E-state index contributed by atoms with van der Waals surface area (Å²) in [5, 5.41) is 23.5. The van der Waals surface area contributed by atoms with Crippen molar-refractivity contribution < 1.29 is 14.5 Å². The van der Waals surface area contributed by atoms with E-state index in [4.69, 9.17) is 16.3 Å². The van der Waals surface area contributed by atoms with Crippen molar-refractivity contribution >= 4 is 35.0 Å². The molecule has 1 amide bonds. The maximum absolute atomic E-state index is 12.4. The van der Waals surface area contributed by atoms with E-state index in [1.807, 2.05) is 24.3 Å². The van der Waals surface area contributed by atoms with Gasteiger partial charge in [-0.25, -0.2) is 0 Å². The van der Waals surface area contributed by atoms with E-state index < -0.39 is 10.8 Å². The Kier molecular flexibility index (Phi) is 6.99. The normalized spacial score (nSPS) is 10.8. The van der Waals surface area contributed by atoms with Gasteiger partial charge in [0.2, 0.25) is 0 Å². The van der Waals surface area contributed by atoms with E-state index in [1.54, 1.807) is 36.4 Å². The fraction of sp³-hybridized carbons (Fsp3) is 0.0435. The van der Waals surface area contributed by atoms with Crippen molar-refractivity contribution in [1.82, 2.24) is 0 Å². The van der Waals surface area contributed by atoms with Crippen LogP contribution in [-0.2, 0) is 11.4 Å². The van der Waals surface area contributed by atoms with E-state index in [0.717, 1.165) is 5.56 Å². The molecule has 0 atom stereocenters. The van der Waals surface area contributed by atoms with Crippen LogP contribution in [0.1, 0.15) is 11.1 Å². The van der Waals surface area contributed by atoms with Gasteiger partial charge in [0.1, 0.15) is 29.7 Å². The summed E-state index contributed by atoms with van der Waals surface area (Å²) >= 11 is 5.96. The molecule has 3 aromatic carbocycles. The van der Waals surface area contributed by atoms with Crippen LogP contribution in [0.2, 0.25) is 5.02 Å². The molecule has 0 saturated heterocycles. The molecule has 1 N–H and O–H groups in total. The molecule has 0 aliphatic rings. The number of nitro benzene ring substituents is 1. The highest BCUT2D eigenvalue weighted by molar-refractivity contribution is 6.30. The maximum atomic E-state index is 12.4. The molecule has 3 rings (SSSR count). The molecular formula is C23H16ClN3O4. The highest BCUT2D eigenvalue weighted by Crippen LogP contribution is 2.24. The largest absolute Gasteiger partial charge is 0.489 e. The number of nitro groups is 1. The number of hydrogen-bond acceptors (Lipinski definition) is 5. The van der Waals surface area contributed by atoms with Crippen LogP contribution in [0.25, 0.3) is 6.08 Å². The Morgan fingerprint density at radius 3 is 2.55 bits per heavy atom. The number of carbonyl (C=O) groups is 1. The molecule has 0 aromatic heterocycles. The molecule has 31 heavy (non-hydrogen) atoms. The molecule has 0 radical (unpaired) electrons. The van der Waals surface area contributed by atoms with Gasteiger partial charge in [-0.15, -0.1) is 0 Å². The molecule has 0 bridgehead atoms. The molecule has 0 aliphatic heterocycles. The number of benzene rings is 3. The number of nitriles is 1. The highest BCUT2D eigenvalue weighted by Gasteiger charge is 2.17. The fourth-order valence-electron chi connectivity index (χ4n) is 2.70. The predicted molar refractivity (Wildman–Crippen MR) is 118 cm³/mol. The lowest BCUT2D eigenvalue weighted by Crippen LogP contribution is -2.14. The molecule has 0 spiro atoms. The lowest BCUT2D eigenvalue weighted by molar-refractivity contribution is -0.383. The monoisotopic (exact) mass is 433 g/mol. The van der Waals surface area contributed by atoms with E-state index in [-0.39, 0.29) is 16.9 Å². The van der Waals surface area contributed by atoms with Crippen molar-refractivity contribution in [3.63, 3.8) is 0 Å². The van der Waals surface area contributed by atoms with Gasteiger partial charge in [0, 0.05) is 11.1 Å². The van der Waals surface area contributed by atoms with Crippen molar-refractivity contribution in [2.24, 2.45) is 0 Å². The zero-order valence-electron chi connectivity index (χ0n) is 16.1. The average molecular weight is 434 g/mol. The van der Waals surface area contributed by atoms with E-state index in [9.17, 15) is 20.2 Å². The summed E-state index contributed by atoms with van der Waals surface area (Å²) in [4.78, 5) is 22.9. The highest BCUT2D eigenvalue weighted by atomic mass is 35.5. The SMILES string of the molecule is N#C/C(=C\c1ccc(OCc2cccc(Cl)c2)cc1)C(=O)Nc1ccccc1[N+](=O)[O-]. The van der Waals surface area contributed by atoms with Crippen LogP contribution in [0.3, 0.4) is 0 Å². The van der Waals surface area contributed by atoms with Crippen LogP contribution >= 0.6 is 11.6 Å². The maximum Gasteiger partial charge on any atom is 0.292 e. The minimum absolute atomic E-state index is 0.0170. The van der Waals surface area contributed by atoms with Gasteiger partial charge < -0.3 is 10.1 Å². The summed E-state index contributed by atoms with van der Waals surface area (Å²) in [6, 6.07) is 21.7. The Hall–Kier alpha value is -4.15. The number of amides is 1. The summed E-state index contributed by atoms with van der Waals surface area (Å²) in [5.74, 6) is -0.127. The summed E-state index contributed by atoms with van der Waals surface area (Å²) in [5.41, 5.74) is 1.10. The van der Waals surface area contributed by atoms with Gasteiger partial charge in [-0.05, 0) is 47.5 Å². The Morgan fingerprint density at radius 2 is 1.87 bits per heavy atom. The number of para-hydroxylation sites is 2. The van der Waals surface area contributed by atoms with Crippen LogP contribution in [0.4, 0.5) is 11.4 Å². The first-order valence-electron chi connectivity index (χ1n) is 9.10. The van der Waals surface area contributed by atoms with Crippen LogP contribution in [0.5, 0.6) is 5.75 Å². The fourth-order valence-corrected chi connectivity index (χ4v) is 2.91. The molecule has 8 heteroatoms. The third-order valence-corrected chi connectivity index (χ3v) is 4.43. The van der Waals surface area contributed by atoms with Gasteiger partial charge in [-0.3, -0.25) is 14.9 Å². The van der Waals surface area contributed by atoms with E-state index in [1.165, 1.54) is 24.3 Å². The lowest BCUT2D eigenvalue weighted by atomic mass is 10.1. The summed E-state index contributed by atoms with van der Waals surface area (Å²) < 4.78 is 5.71. The number of ether oxygens (including phenoxy) is 1. The second-order valence-electron chi connectivity index (χ2n) is 6.39. The van der Waals surface area contributed by atoms with Crippen molar-refractivity contribution in [3.05, 3.63) is 105 Å². The smallest absolute Gasteiger partial charge is 0.292 e. The van der Waals surface area contributed by atoms with Crippen LogP contribution < -0.4 is 10.1 Å². The zero-order chi connectivity index (χ0) is 22.2. The lowest BCUT2D eigenvalue weighted by Gasteiger charge is -2.07. The van der Waals surface area contributed by atoms with Gasteiger partial charge in [0.05, 0.1) is 4.92 Å². The molecule has 0 heterocycles. The van der Waals surface area contributed by atoms with Gasteiger partial charge in [-0.1, -0.05) is 48.0 Å².